The minimum atomic E-state index is 0.127. The second-order valence-corrected chi connectivity index (χ2v) is 7.04. The summed E-state index contributed by atoms with van der Waals surface area (Å²) in [5.41, 5.74) is 2.27. The number of anilines is 1. The van der Waals surface area contributed by atoms with Crippen molar-refractivity contribution in [3.05, 3.63) is 23.4 Å². The van der Waals surface area contributed by atoms with Crippen LogP contribution in [0.25, 0.3) is 0 Å². The molecule has 2 unspecified atom stereocenters. The second kappa shape index (κ2) is 6.24. The van der Waals surface area contributed by atoms with Gasteiger partial charge in [0, 0.05) is 44.8 Å². The van der Waals surface area contributed by atoms with E-state index in [1.165, 1.54) is 18.4 Å². The topological polar surface area (TPSA) is 51.7 Å². The van der Waals surface area contributed by atoms with Crippen LogP contribution in [-0.4, -0.2) is 59.1 Å². The molecule has 2 atom stereocenters. The summed E-state index contributed by atoms with van der Waals surface area (Å²) in [6.45, 7) is 9.01. The summed E-state index contributed by atoms with van der Waals surface area (Å²) < 4.78 is 0. The van der Waals surface area contributed by atoms with Gasteiger partial charge >= 0.3 is 6.03 Å². The smallest absolute Gasteiger partial charge is 0.320 e. The van der Waals surface area contributed by atoms with E-state index in [4.69, 9.17) is 4.98 Å². The lowest BCUT2D eigenvalue weighted by atomic mass is 10.2. The molecule has 2 saturated heterocycles. The summed E-state index contributed by atoms with van der Waals surface area (Å²) in [5, 5.41) is 3.52. The third-order valence-electron chi connectivity index (χ3n) is 5.70. The molecule has 4 rings (SSSR count). The van der Waals surface area contributed by atoms with E-state index in [-0.39, 0.29) is 6.03 Å². The minimum absolute atomic E-state index is 0.127. The van der Waals surface area contributed by atoms with Crippen molar-refractivity contribution >= 4 is 11.8 Å². The van der Waals surface area contributed by atoms with Crippen molar-refractivity contribution in [2.75, 3.05) is 31.1 Å². The van der Waals surface area contributed by atoms with Crippen LogP contribution in [0.4, 0.5) is 10.6 Å². The summed E-state index contributed by atoms with van der Waals surface area (Å²) in [4.78, 5) is 23.8. The Kier molecular flexibility index (Phi) is 4.08. The molecule has 2 bridgehead atoms. The van der Waals surface area contributed by atoms with Crippen molar-refractivity contribution in [1.82, 2.24) is 20.1 Å². The predicted molar refractivity (Wildman–Crippen MR) is 94.0 cm³/mol. The molecule has 0 aromatic carbocycles. The Labute approximate surface area is 143 Å². The molecule has 6 nitrogen and oxygen atoms in total. The summed E-state index contributed by atoms with van der Waals surface area (Å²) in [6, 6.07) is 5.60. The fraction of sp³-hybridized carbons (Fsp3) is 0.667. The van der Waals surface area contributed by atoms with Crippen LogP contribution in [0.5, 0.6) is 0 Å². The highest BCUT2D eigenvalue weighted by molar-refractivity contribution is 5.75. The van der Waals surface area contributed by atoms with E-state index in [1.807, 2.05) is 23.6 Å². The van der Waals surface area contributed by atoms with Crippen LogP contribution in [0.15, 0.2) is 12.1 Å². The maximum Gasteiger partial charge on any atom is 0.320 e. The first-order chi connectivity index (χ1) is 11.7. The first kappa shape index (κ1) is 15.7. The van der Waals surface area contributed by atoms with Crippen molar-refractivity contribution in [2.45, 2.75) is 51.9 Å². The van der Waals surface area contributed by atoms with E-state index in [2.05, 4.69) is 22.3 Å². The van der Waals surface area contributed by atoms with Crippen LogP contribution < -0.4 is 10.2 Å². The molecule has 2 fully saturated rings. The fourth-order valence-corrected chi connectivity index (χ4v) is 4.37. The zero-order valence-electron chi connectivity index (χ0n) is 14.7. The highest BCUT2D eigenvalue weighted by atomic mass is 16.2. The average Bonchev–Trinajstić information content (AvgIpc) is 3.13. The number of pyridine rings is 1. The number of nitrogens with zero attached hydrogens (tertiary/aromatic N) is 4. The Bertz CT molecular complexity index is 614. The number of nitrogens with one attached hydrogen (secondary N) is 1. The molecule has 0 radical (unpaired) electrons. The van der Waals surface area contributed by atoms with Crippen molar-refractivity contribution in [3.63, 3.8) is 0 Å². The third-order valence-corrected chi connectivity index (χ3v) is 5.70. The van der Waals surface area contributed by atoms with Gasteiger partial charge in [0.25, 0.3) is 0 Å². The Morgan fingerprint density at radius 2 is 1.92 bits per heavy atom. The molecular formula is C18H27N5O. The van der Waals surface area contributed by atoms with E-state index in [9.17, 15) is 4.79 Å². The number of aromatic nitrogens is 1. The molecule has 1 aromatic heterocycles. The summed E-state index contributed by atoms with van der Waals surface area (Å²) >= 11 is 0. The maximum absolute atomic E-state index is 12.6. The van der Waals surface area contributed by atoms with Gasteiger partial charge in [0.2, 0.25) is 0 Å². The molecule has 0 spiro atoms. The molecule has 0 saturated carbocycles. The molecule has 130 valence electrons. The highest BCUT2D eigenvalue weighted by Gasteiger charge is 2.38. The molecule has 2 amide bonds. The predicted octanol–water partition coefficient (Wildman–Crippen LogP) is 1.80. The van der Waals surface area contributed by atoms with Gasteiger partial charge in [-0.15, -0.1) is 0 Å². The molecule has 4 heterocycles. The van der Waals surface area contributed by atoms with E-state index in [0.717, 1.165) is 37.7 Å². The fourth-order valence-electron chi connectivity index (χ4n) is 4.37. The number of carbonyl (C=O) groups is 1. The summed E-state index contributed by atoms with van der Waals surface area (Å²) in [5.74, 6) is 1.10. The maximum atomic E-state index is 12.6. The zero-order valence-corrected chi connectivity index (χ0v) is 14.7. The van der Waals surface area contributed by atoms with Crippen molar-refractivity contribution < 1.29 is 4.79 Å². The largest absolute Gasteiger partial charge is 0.348 e. The normalized spacial score (nSPS) is 25.1. The van der Waals surface area contributed by atoms with Crippen molar-refractivity contribution in [3.8, 4) is 0 Å². The lowest BCUT2D eigenvalue weighted by Crippen LogP contribution is -2.52. The quantitative estimate of drug-likeness (QED) is 0.919. The number of piperazine rings is 1. The van der Waals surface area contributed by atoms with Crippen molar-refractivity contribution in [1.29, 1.82) is 0 Å². The van der Waals surface area contributed by atoms with Crippen LogP contribution in [-0.2, 0) is 13.1 Å². The van der Waals surface area contributed by atoms with Gasteiger partial charge in [-0.2, -0.15) is 0 Å². The van der Waals surface area contributed by atoms with Gasteiger partial charge in [0.05, 0.1) is 12.2 Å². The number of fused-ring (bicyclic) bond motifs is 3. The number of carbonyl (C=O) groups excluding carboxylic acids is 1. The molecule has 3 aliphatic heterocycles. The lowest BCUT2D eigenvalue weighted by molar-refractivity contribution is 0.157. The molecule has 1 N–H and O–H groups in total. The molecule has 6 heteroatoms. The average molecular weight is 329 g/mol. The molecule has 3 aliphatic rings. The van der Waals surface area contributed by atoms with Crippen molar-refractivity contribution in [2.24, 2.45) is 0 Å². The van der Waals surface area contributed by atoms with Gasteiger partial charge in [0.1, 0.15) is 5.82 Å². The Morgan fingerprint density at radius 3 is 2.58 bits per heavy atom. The van der Waals surface area contributed by atoms with E-state index < -0.39 is 0 Å². The Hall–Kier alpha value is -1.82. The van der Waals surface area contributed by atoms with Gasteiger partial charge in [-0.25, -0.2) is 9.78 Å². The first-order valence-corrected chi connectivity index (χ1v) is 9.23. The number of amides is 2. The standard InChI is InChI=1S/C18H27N5O/c1-3-21(4-2)18(24)22-11-13-5-8-17(20-16(13)12-22)23-14-6-7-15(23)10-19-9-14/h5,8,14-15,19H,3-4,6-7,9-12H2,1-2H3. The third kappa shape index (κ3) is 2.53. The zero-order chi connectivity index (χ0) is 16.7. The van der Waals surface area contributed by atoms with Crippen LogP contribution in [0.1, 0.15) is 37.9 Å². The van der Waals surface area contributed by atoms with Gasteiger partial charge in [0.15, 0.2) is 0 Å². The van der Waals surface area contributed by atoms with E-state index in [0.29, 0.717) is 25.2 Å². The second-order valence-electron chi connectivity index (χ2n) is 7.04. The Balaban J connectivity index is 1.53. The van der Waals surface area contributed by atoms with Gasteiger partial charge < -0.3 is 20.0 Å². The molecule has 0 aliphatic carbocycles. The molecule has 24 heavy (non-hydrogen) atoms. The summed E-state index contributed by atoms with van der Waals surface area (Å²) in [7, 11) is 0. The van der Waals surface area contributed by atoms with Gasteiger partial charge in [-0.3, -0.25) is 0 Å². The number of urea groups is 1. The molecular weight excluding hydrogens is 302 g/mol. The van der Waals surface area contributed by atoms with Crippen LogP contribution in [0.3, 0.4) is 0 Å². The molecule has 1 aromatic rings. The first-order valence-electron chi connectivity index (χ1n) is 9.23. The Morgan fingerprint density at radius 1 is 1.21 bits per heavy atom. The number of hydrogen-bond acceptors (Lipinski definition) is 4. The van der Waals surface area contributed by atoms with Crippen LogP contribution >= 0.6 is 0 Å². The number of rotatable bonds is 3. The van der Waals surface area contributed by atoms with E-state index >= 15 is 0 Å². The van der Waals surface area contributed by atoms with Gasteiger partial charge in [-0.05, 0) is 38.3 Å². The van der Waals surface area contributed by atoms with Gasteiger partial charge in [-0.1, -0.05) is 6.07 Å². The summed E-state index contributed by atoms with van der Waals surface area (Å²) in [6.07, 6.45) is 2.51. The lowest BCUT2D eigenvalue weighted by Gasteiger charge is -2.36. The highest BCUT2D eigenvalue weighted by Crippen LogP contribution is 2.33. The van der Waals surface area contributed by atoms with Crippen LogP contribution in [0, 0.1) is 0 Å². The monoisotopic (exact) mass is 329 g/mol. The van der Waals surface area contributed by atoms with Crippen LogP contribution in [0.2, 0.25) is 0 Å². The number of hydrogen-bond donors (Lipinski definition) is 1. The van der Waals surface area contributed by atoms with E-state index in [1.54, 1.807) is 0 Å². The minimum Gasteiger partial charge on any atom is -0.348 e. The SMILES string of the molecule is CCN(CC)C(=O)N1Cc2ccc(N3C4CCC3CNC4)nc2C1.